The highest BCUT2D eigenvalue weighted by Gasteiger charge is 2.46. The number of methoxy groups -OCH3 is 2. The highest BCUT2D eigenvalue weighted by atomic mass is 127. The molecule has 1 fully saturated rings. The Morgan fingerprint density at radius 3 is 2.42 bits per heavy atom. The molecule has 6 heteroatoms. The van der Waals surface area contributed by atoms with E-state index in [1.54, 1.807) is 14.2 Å². The molecule has 0 amide bonds. The normalized spacial score (nSPS) is 36.7. The topological polar surface area (TPSA) is 46.2 Å². The van der Waals surface area contributed by atoms with Crippen LogP contribution in [0.1, 0.15) is 13.8 Å². The number of terminal acetylenes is 1. The van der Waals surface area contributed by atoms with Gasteiger partial charge in [-0.1, -0.05) is 28.5 Å². The second-order valence-electron chi connectivity index (χ2n) is 4.27. The largest absolute Gasteiger partial charge is 0.373 e. The predicted octanol–water partition coefficient (Wildman–Crippen LogP) is 1.58. The lowest BCUT2D eigenvalue weighted by atomic mass is 9.99. The van der Waals surface area contributed by atoms with Crippen molar-refractivity contribution < 1.29 is 23.7 Å². The van der Waals surface area contributed by atoms with E-state index in [4.69, 9.17) is 30.1 Å². The maximum absolute atomic E-state index is 5.87. The monoisotopic (exact) mass is 384 g/mol. The fourth-order valence-electron chi connectivity index (χ4n) is 2.15. The molecule has 1 saturated heterocycles. The maximum Gasteiger partial charge on any atom is 0.186 e. The molecule has 1 rings (SSSR count). The summed E-state index contributed by atoms with van der Waals surface area (Å²) < 4.78 is 28.1. The van der Waals surface area contributed by atoms with Crippen molar-refractivity contribution in [2.24, 2.45) is 0 Å². The molecule has 0 bridgehead atoms. The van der Waals surface area contributed by atoms with E-state index in [2.05, 4.69) is 28.5 Å². The third-order valence-electron chi connectivity index (χ3n) is 2.94. The van der Waals surface area contributed by atoms with Crippen molar-refractivity contribution in [1.29, 1.82) is 0 Å². The summed E-state index contributed by atoms with van der Waals surface area (Å²) in [5, 5.41) is 0. The summed E-state index contributed by atoms with van der Waals surface area (Å²) in [5.41, 5.74) is 0. The molecule has 1 heterocycles. The standard InChI is InChI=1S/C13H21IO5/c1-6-7-17-11-10(19-9(3)14)8(2)18-13(16-5)12(11)15-4/h1,8-13H,7H2,2-5H3. The summed E-state index contributed by atoms with van der Waals surface area (Å²) in [5.74, 6) is 2.46. The molecule has 1 aliphatic rings. The van der Waals surface area contributed by atoms with Gasteiger partial charge in [-0.25, -0.2) is 0 Å². The first-order chi connectivity index (χ1) is 9.04. The van der Waals surface area contributed by atoms with Crippen molar-refractivity contribution in [1.82, 2.24) is 0 Å². The molecule has 0 aromatic carbocycles. The molecule has 0 aliphatic carbocycles. The van der Waals surface area contributed by atoms with Gasteiger partial charge in [0.1, 0.15) is 29.0 Å². The Balaban J connectivity index is 2.88. The second kappa shape index (κ2) is 8.39. The zero-order valence-electron chi connectivity index (χ0n) is 11.7. The molecule has 5 nitrogen and oxygen atoms in total. The molecule has 19 heavy (non-hydrogen) atoms. The van der Waals surface area contributed by atoms with E-state index >= 15 is 0 Å². The summed E-state index contributed by atoms with van der Waals surface area (Å²) in [6, 6.07) is 0. The van der Waals surface area contributed by atoms with Crippen molar-refractivity contribution in [2.45, 2.75) is 48.7 Å². The fraction of sp³-hybridized carbons (Fsp3) is 0.846. The molecule has 6 atom stereocenters. The summed E-state index contributed by atoms with van der Waals surface area (Å²) >= 11 is 2.19. The Morgan fingerprint density at radius 1 is 1.26 bits per heavy atom. The Hall–Kier alpha value is 0.0900. The first kappa shape index (κ1) is 17.1. The van der Waals surface area contributed by atoms with Gasteiger partial charge < -0.3 is 23.7 Å². The van der Waals surface area contributed by atoms with Gasteiger partial charge in [0.05, 0.1) is 6.10 Å². The van der Waals surface area contributed by atoms with Crippen LogP contribution in [-0.4, -0.2) is 55.6 Å². The van der Waals surface area contributed by atoms with E-state index < -0.39 is 6.29 Å². The lowest BCUT2D eigenvalue weighted by molar-refractivity contribution is -0.304. The Morgan fingerprint density at radius 2 is 1.95 bits per heavy atom. The van der Waals surface area contributed by atoms with Crippen LogP contribution in [-0.2, 0) is 23.7 Å². The van der Waals surface area contributed by atoms with Gasteiger partial charge in [0.25, 0.3) is 0 Å². The third kappa shape index (κ3) is 4.55. The minimum Gasteiger partial charge on any atom is -0.373 e. The molecular weight excluding hydrogens is 363 g/mol. The third-order valence-corrected chi connectivity index (χ3v) is 3.23. The summed E-state index contributed by atoms with van der Waals surface area (Å²) in [6.45, 7) is 4.08. The van der Waals surface area contributed by atoms with E-state index in [0.29, 0.717) is 0 Å². The van der Waals surface area contributed by atoms with Crippen molar-refractivity contribution >= 4 is 22.6 Å². The maximum atomic E-state index is 5.87. The molecule has 110 valence electrons. The smallest absolute Gasteiger partial charge is 0.186 e. The van der Waals surface area contributed by atoms with Gasteiger partial charge >= 0.3 is 0 Å². The molecule has 0 aromatic heterocycles. The van der Waals surface area contributed by atoms with E-state index in [1.807, 2.05) is 13.8 Å². The van der Waals surface area contributed by atoms with E-state index in [9.17, 15) is 0 Å². The quantitative estimate of drug-likeness (QED) is 0.395. The van der Waals surface area contributed by atoms with Crippen molar-refractivity contribution in [3.63, 3.8) is 0 Å². The number of ether oxygens (including phenoxy) is 5. The Kier molecular flexibility index (Phi) is 7.57. The molecule has 0 saturated carbocycles. The zero-order chi connectivity index (χ0) is 14.4. The lowest BCUT2D eigenvalue weighted by Crippen LogP contribution is -2.60. The number of rotatable bonds is 6. The van der Waals surface area contributed by atoms with Crippen LogP contribution in [0.2, 0.25) is 0 Å². The van der Waals surface area contributed by atoms with Gasteiger partial charge in [-0.15, -0.1) is 6.42 Å². The van der Waals surface area contributed by atoms with Gasteiger partial charge in [0, 0.05) is 14.2 Å². The average Bonchev–Trinajstić information content (AvgIpc) is 2.38. The highest BCUT2D eigenvalue weighted by Crippen LogP contribution is 2.29. The van der Waals surface area contributed by atoms with Crippen LogP contribution in [0.15, 0.2) is 0 Å². The molecule has 0 aromatic rings. The summed E-state index contributed by atoms with van der Waals surface area (Å²) in [7, 11) is 3.16. The van der Waals surface area contributed by atoms with Crippen LogP contribution in [0.5, 0.6) is 0 Å². The van der Waals surface area contributed by atoms with E-state index in [1.165, 1.54) is 0 Å². The molecular formula is C13H21IO5. The second-order valence-corrected chi connectivity index (χ2v) is 6.02. The van der Waals surface area contributed by atoms with Crippen molar-refractivity contribution in [2.75, 3.05) is 20.8 Å². The highest BCUT2D eigenvalue weighted by molar-refractivity contribution is 14.1. The molecule has 0 N–H and O–H groups in total. The molecule has 1 aliphatic heterocycles. The van der Waals surface area contributed by atoms with Gasteiger partial charge in [-0.3, -0.25) is 0 Å². The Labute approximate surface area is 128 Å². The SMILES string of the molecule is C#CCOC1C(OC(C)I)C(C)OC(OC)C1OC. The minimum absolute atomic E-state index is 0.0298. The van der Waals surface area contributed by atoms with E-state index in [-0.39, 0.29) is 35.1 Å². The van der Waals surface area contributed by atoms with Crippen LogP contribution >= 0.6 is 22.6 Å². The number of hydrogen-bond acceptors (Lipinski definition) is 5. The van der Waals surface area contributed by atoms with Gasteiger partial charge in [-0.05, 0) is 13.8 Å². The Bertz CT molecular complexity index is 304. The van der Waals surface area contributed by atoms with Crippen LogP contribution in [0.3, 0.4) is 0 Å². The molecule has 0 radical (unpaired) electrons. The van der Waals surface area contributed by atoms with Crippen LogP contribution in [0.25, 0.3) is 0 Å². The van der Waals surface area contributed by atoms with Gasteiger partial charge in [0.15, 0.2) is 6.29 Å². The minimum atomic E-state index is -0.493. The van der Waals surface area contributed by atoms with E-state index in [0.717, 1.165) is 0 Å². The van der Waals surface area contributed by atoms with Crippen molar-refractivity contribution in [3.8, 4) is 12.3 Å². The lowest BCUT2D eigenvalue weighted by Gasteiger charge is -2.44. The first-order valence-electron chi connectivity index (χ1n) is 6.10. The van der Waals surface area contributed by atoms with Crippen LogP contribution < -0.4 is 0 Å². The number of alkyl halides is 1. The summed E-state index contributed by atoms with van der Waals surface area (Å²) in [4.78, 5) is 0. The number of halogens is 1. The average molecular weight is 384 g/mol. The van der Waals surface area contributed by atoms with Gasteiger partial charge in [0.2, 0.25) is 0 Å². The molecule has 6 unspecified atom stereocenters. The van der Waals surface area contributed by atoms with Gasteiger partial charge in [-0.2, -0.15) is 0 Å². The zero-order valence-corrected chi connectivity index (χ0v) is 13.8. The van der Waals surface area contributed by atoms with Crippen molar-refractivity contribution in [3.05, 3.63) is 0 Å². The first-order valence-corrected chi connectivity index (χ1v) is 7.35. The van der Waals surface area contributed by atoms with Crippen LogP contribution in [0, 0.1) is 12.3 Å². The fourth-order valence-corrected chi connectivity index (χ4v) is 2.49. The number of hydrogen-bond donors (Lipinski definition) is 0. The summed E-state index contributed by atoms with van der Waals surface area (Å²) in [6.07, 6.45) is 3.64. The predicted molar refractivity (Wildman–Crippen MR) is 79.1 cm³/mol. The van der Waals surface area contributed by atoms with Crippen LogP contribution in [0.4, 0.5) is 0 Å². The molecule has 0 spiro atoms.